The molecular formula is C19H24N2O4. The van der Waals surface area contributed by atoms with E-state index in [1.807, 2.05) is 0 Å². The van der Waals surface area contributed by atoms with Crippen molar-refractivity contribution in [3.8, 4) is 0 Å². The normalized spacial score (nSPS) is 20.2. The Morgan fingerprint density at radius 1 is 1.16 bits per heavy atom. The molecule has 0 aromatic heterocycles. The molecule has 1 aromatic rings. The van der Waals surface area contributed by atoms with Crippen LogP contribution >= 0.6 is 0 Å². The summed E-state index contributed by atoms with van der Waals surface area (Å²) in [6.45, 7) is 3.50. The van der Waals surface area contributed by atoms with Crippen LogP contribution in [0.3, 0.4) is 0 Å². The first-order chi connectivity index (χ1) is 11.9. The second-order valence-corrected chi connectivity index (χ2v) is 7.17. The summed E-state index contributed by atoms with van der Waals surface area (Å²) in [7, 11) is 0. The van der Waals surface area contributed by atoms with Gasteiger partial charge >= 0.3 is 5.97 Å². The molecule has 134 valence electrons. The van der Waals surface area contributed by atoms with Crippen molar-refractivity contribution in [2.24, 2.45) is 11.8 Å². The highest BCUT2D eigenvalue weighted by molar-refractivity contribution is 5.98. The highest BCUT2D eigenvalue weighted by atomic mass is 16.4. The van der Waals surface area contributed by atoms with Gasteiger partial charge in [0.1, 0.15) is 0 Å². The molecule has 6 heteroatoms. The van der Waals surface area contributed by atoms with Gasteiger partial charge in [-0.3, -0.25) is 9.59 Å². The SMILES string of the molecule is Cc1cc(C(=O)O)cc(C(=O)N2CCCC(C(=O)NCC3CC3)C2)c1. The van der Waals surface area contributed by atoms with Crippen LogP contribution < -0.4 is 5.32 Å². The molecule has 1 unspecified atom stereocenters. The standard InChI is InChI=1S/C19H24N2O4/c1-12-7-15(9-16(8-12)19(24)25)18(23)21-6-2-3-14(11-21)17(22)20-10-13-4-5-13/h7-9,13-14H,2-6,10-11H2,1H3,(H,20,22)(H,24,25). The summed E-state index contributed by atoms with van der Waals surface area (Å²) < 4.78 is 0. The van der Waals surface area contributed by atoms with Crippen molar-refractivity contribution in [3.05, 3.63) is 34.9 Å². The van der Waals surface area contributed by atoms with E-state index < -0.39 is 5.97 Å². The molecule has 2 amide bonds. The number of carboxylic acid groups (broad SMARTS) is 1. The number of carbonyl (C=O) groups excluding carboxylic acids is 2. The molecule has 1 aliphatic heterocycles. The minimum absolute atomic E-state index is 0.0277. The summed E-state index contributed by atoms with van der Waals surface area (Å²) in [5.74, 6) is -0.772. The molecule has 0 bridgehead atoms. The van der Waals surface area contributed by atoms with Gasteiger partial charge in [-0.1, -0.05) is 0 Å². The van der Waals surface area contributed by atoms with Crippen LogP contribution in [0.4, 0.5) is 0 Å². The van der Waals surface area contributed by atoms with Crippen LogP contribution in [0, 0.1) is 18.8 Å². The molecule has 1 saturated heterocycles. The lowest BCUT2D eigenvalue weighted by Gasteiger charge is -2.32. The first-order valence-corrected chi connectivity index (χ1v) is 8.86. The van der Waals surface area contributed by atoms with E-state index in [9.17, 15) is 19.5 Å². The maximum atomic E-state index is 12.8. The lowest BCUT2D eigenvalue weighted by atomic mass is 9.96. The predicted molar refractivity (Wildman–Crippen MR) is 92.5 cm³/mol. The molecule has 1 aromatic carbocycles. The fourth-order valence-corrected chi connectivity index (χ4v) is 3.30. The summed E-state index contributed by atoms with van der Waals surface area (Å²) >= 11 is 0. The van der Waals surface area contributed by atoms with E-state index in [4.69, 9.17) is 0 Å². The Labute approximate surface area is 147 Å². The van der Waals surface area contributed by atoms with Crippen LogP contribution in [0.1, 0.15) is 52.0 Å². The zero-order valence-electron chi connectivity index (χ0n) is 14.5. The molecule has 0 radical (unpaired) electrons. The van der Waals surface area contributed by atoms with Crippen LogP contribution in [0.15, 0.2) is 18.2 Å². The van der Waals surface area contributed by atoms with Crippen molar-refractivity contribution in [3.63, 3.8) is 0 Å². The molecule has 2 aliphatic rings. The summed E-state index contributed by atoms with van der Waals surface area (Å²) in [5, 5.41) is 12.2. The molecule has 2 fully saturated rings. The topological polar surface area (TPSA) is 86.7 Å². The molecule has 1 atom stereocenters. The van der Waals surface area contributed by atoms with E-state index in [0.717, 1.165) is 24.9 Å². The number of amides is 2. The fraction of sp³-hybridized carbons (Fsp3) is 0.526. The summed E-state index contributed by atoms with van der Waals surface area (Å²) in [5.41, 5.74) is 1.22. The molecular weight excluding hydrogens is 320 g/mol. The van der Waals surface area contributed by atoms with Gasteiger partial charge in [-0.2, -0.15) is 0 Å². The fourth-order valence-electron chi connectivity index (χ4n) is 3.30. The van der Waals surface area contributed by atoms with Gasteiger partial charge < -0.3 is 15.3 Å². The number of rotatable bonds is 5. The highest BCUT2D eigenvalue weighted by Gasteiger charge is 2.30. The van der Waals surface area contributed by atoms with Crippen molar-refractivity contribution in [2.45, 2.75) is 32.6 Å². The number of hydrogen-bond donors (Lipinski definition) is 2. The maximum Gasteiger partial charge on any atom is 0.335 e. The molecule has 0 spiro atoms. The van der Waals surface area contributed by atoms with Crippen LogP contribution in [0.5, 0.6) is 0 Å². The van der Waals surface area contributed by atoms with Crippen molar-refractivity contribution >= 4 is 17.8 Å². The number of carbonyl (C=O) groups is 3. The molecule has 25 heavy (non-hydrogen) atoms. The monoisotopic (exact) mass is 344 g/mol. The minimum Gasteiger partial charge on any atom is -0.478 e. The first-order valence-electron chi connectivity index (χ1n) is 8.86. The molecule has 3 rings (SSSR count). The van der Waals surface area contributed by atoms with Gasteiger partial charge in [0.25, 0.3) is 5.91 Å². The Balaban J connectivity index is 1.67. The molecule has 1 saturated carbocycles. The lowest BCUT2D eigenvalue weighted by molar-refractivity contribution is -0.126. The van der Waals surface area contributed by atoms with Gasteiger partial charge in [-0.05, 0) is 62.3 Å². The van der Waals surface area contributed by atoms with Crippen molar-refractivity contribution < 1.29 is 19.5 Å². The number of nitrogens with one attached hydrogen (secondary N) is 1. The number of nitrogens with zero attached hydrogens (tertiary/aromatic N) is 1. The minimum atomic E-state index is -1.05. The van der Waals surface area contributed by atoms with Gasteiger partial charge in [0, 0.05) is 25.2 Å². The second kappa shape index (κ2) is 7.25. The quantitative estimate of drug-likeness (QED) is 0.856. The average Bonchev–Trinajstić information content (AvgIpc) is 3.43. The number of piperidine rings is 1. The largest absolute Gasteiger partial charge is 0.478 e. The van der Waals surface area contributed by atoms with E-state index in [1.165, 1.54) is 18.9 Å². The zero-order valence-corrected chi connectivity index (χ0v) is 14.5. The third-order valence-electron chi connectivity index (χ3n) is 4.91. The van der Waals surface area contributed by atoms with Crippen LogP contribution in [-0.2, 0) is 4.79 Å². The van der Waals surface area contributed by atoms with Gasteiger partial charge in [0.15, 0.2) is 0 Å². The van der Waals surface area contributed by atoms with Crippen molar-refractivity contribution in [1.29, 1.82) is 0 Å². The van der Waals surface area contributed by atoms with E-state index in [-0.39, 0.29) is 23.3 Å². The van der Waals surface area contributed by atoms with Crippen molar-refractivity contribution in [2.75, 3.05) is 19.6 Å². The number of benzene rings is 1. The smallest absolute Gasteiger partial charge is 0.335 e. The Hall–Kier alpha value is -2.37. The maximum absolute atomic E-state index is 12.8. The molecule has 1 heterocycles. The van der Waals surface area contributed by atoms with E-state index in [0.29, 0.717) is 24.6 Å². The number of aromatic carboxylic acids is 1. The number of likely N-dealkylation sites (tertiary alicyclic amines) is 1. The highest BCUT2D eigenvalue weighted by Crippen LogP contribution is 2.28. The van der Waals surface area contributed by atoms with Gasteiger partial charge in [-0.25, -0.2) is 4.79 Å². The molecule has 6 nitrogen and oxygen atoms in total. The van der Waals surface area contributed by atoms with Crippen LogP contribution in [0.25, 0.3) is 0 Å². The van der Waals surface area contributed by atoms with E-state index >= 15 is 0 Å². The summed E-state index contributed by atoms with van der Waals surface area (Å²) in [6.07, 6.45) is 3.95. The summed E-state index contributed by atoms with van der Waals surface area (Å²) in [4.78, 5) is 37.9. The Morgan fingerprint density at radius 2 is 1.88 bits per heavy atom. The second-order valence-electron chi connectivity index (χ2n) is 7.17. The molecule has 1 aliphatic carbocycles. The Morgan fingerprint density at radius 3 is 2.56 bits per heavy atom. The number of aryl methyl sites for hydroxylation is 1. The van der Waals surface area contributed by atoms with Crippen LogP contribution in [0.2, 0.25) is 0 Å². The molecule has 2 N–H and O–H groups in total. The predicted octanol–water partition coefficient (Wildman–Crippen LogP) is 2.07. The van der Waals surface area contributed by atoms with Crippen LogP contribution in [-0.4, -0.2) is 47.4 Å². The van der Waals surface area contributed by atoms with Crippen molar-refractivity contribution in [1.82, 2.24) is 10.2 Å². The lowest BCUT2D eigenvalue weighted by Crippen LogP contribution is -2.45. The third kappa shape index (κ3) is 4.38. The van der Waals surface area contributed by atoms with E-state index in [2.05, 4.69) is 5.32 Å². The third-order valence-corrected chi connectivity index (χ3v) is 4.91. The zero-order chi connectivity index (χ0) is 18.0. The number of carboxylic acids is 1. The Bertz CT molecular complexity index is 697. The Kier molecular flexibility index (Phi) is 5.06. The van der Waals surface area contributed by atoms with Gasteiger partial charge in [0.2, 0.25) is 5.91 Å². The van der Waals surface area contributed by atoms with Gasteiger partial charge in [0.05, 0.1) is 11.5 Å². The van der Waals surface area contributed by atoms with E-state index in [1.54, 1.807) is 24.0 Å². The first kappa shape index (κ1) is 17.5. The average molecular weight is 344 g/mol. The number of hydrogen-bond acceptors (Lipinski definition) is 3. The summed E-state index contributed by atoms with van der Waals surface area (Å²) in [6, 6.07) is 4.66. The van der Waals surface area contributed by atoms with Gasteiger partial charge in [-0.15, -0.1) is 0 Å².